The maximum absolute atomic E-state index is 11.4. The van der Waals surface area contributed by atoms with Crippen LogP contribution < -0.4 is 20.7 Å². The molecule has 1 aromatic carbocycles. The van der Waals surface area contributed by atoms with Crippen LogP contribution in [-0.2, 0) is 6.61 Å². The van der Waals surface area contributed by atoms with Gasteiger partial charge in [-0.15, -0.1) is 0 Å². The maximum Gasteiger partial charge on any atom is 0.300 e. The summed E-state index contributed by atoms with van der Waals surface area (Å²) in [6.45, 7) is 2.03. The molecule has 1 amide bonds. The fourth-order valence-electron chi connectivity index (χ4n) is 1.73. The molecule has 112 valence electrons. The molecule has 0 aliphatic carbocycles. The summed E-state index contributed by atoms with van der Waals surface area (Å²) >= 11 is 3.41. The van der Waals surface area contributed by atoms with Crippen molar-refractivity contribution in [2.45, 2.75) is 13.5 Å². The molecular formula is C14H15BrN2O4. The van der Waals surface area contributed by atoms with Gasteiger partial charge in [0.25, 0.3) is 0 Å². The van der Waals surface area contributed by atoms with E-state index in [1.165, 1.54) is 0 Å². The number of carbonyl (C=O) groups is 1. The lowest BCUT2D eigenvalue weighted by Gasteiger charge is -2.08. The van der Waals surface area contributed by atoms with E-state index >= 15 is 0 Å². The van der Waals surface area contributed by atoms with Crippen molar-refractivity contribution < 1.29 is 18.7 Å². The van der Waals surface area contributed by atoms with Crippen LogP contribution in [0, 0.1) is 6.92 Å². The van der Waals surface area contributed by atoms with E-state index in [9.17, 15) is 4.79 Å². The van der Waals surface area contributed by atoms with E-state index in [0.29, 0.717) is 11.5 Å². The molecule has 3 N–H and O–H groups in total. The average Bonchev–Trinajstić information content (AvgIpc) is 2.86. The van der Waals surface area contributed by atoms with Crippen LogP contribution >= 0.6 is 15.9 Å². The molecule has 0 unspecified atom stereocenters. The lowest BCUT2D eigenvalue weighted by atomic mass is 10.2. The van der Waals surface area contributed by atoms with Gasteiger partial charge in [-0.05, 0) is 47.1 Å². The molecular weight excluding hydrogens is 340 g/mol. The van der Waals surface area contributed by atoms with Crippen molar-refractivity contribution in [3.8, 4) is 11.5 Å². The Morgan fingerprint density at radius 1 is 1.43 bits per heavy atom. The Morgan fingerprint density at radius 2 is 2.19 bits per heavy atom. The van der Waals surface area contributed by atoms with Gasteiger partial charge >= 0.3 is 5.91 Å². The van der Waals surface area contributed by atoms with Crippen molar-refractivity contribution in [1.29, 1.82) is 0 Å². The molecule has 0 saturated heterocycles. The van der Waals surface area contributed by atoms with Gasteiger partial charge in [-0.3, -0.25) is 10.2 Å². The van der Waals surface area contributed by atoms with Crippen LogP contribution in [-0.4, -0.2) is 13.0 Å². The Morgan fingerprint density at radius 3 is 2.81 bits per heavy atom. The summed E-state index contributed by atoms with van der Waals surface area (Å²) in [5.41, 5.74) is 2.80. The molecule has 1 aromatic heterocycles. The molecule has 0 aliphatic rings. The lowest BCUT2D eigenvalue weighted by Crippen LogP contribution is -2.29. The summed E-state index contributed by atoms with van der Waals surface area (Å²) in [4.78, 5) is 11.4. The van der Waals surface area contributed by atoms with Crippen LogP contribution in [0.25, 0.3) is 0 Å². The number of methoxy groups -OCH3 is 1. The van der Waals surface area contributed by atoms with Gasteiger partial charge in [0.1, 0.15) is 23.9 Å². The smallest absolute Gasteiger partial charge is 0.300 e. The van der Waals surface area contributed by atoms with Gasteiger partial charge in [0.15, 0.2) is 5.76 Å². The maximum atomic E-state index is 11.4. The van der Waals surface area contributed by atoms with E-state index in [1.807, 2.05) is 11.5 Å². The molecule has 0 fully saturated rings. The third-order valence-corrected chi connectivity index (χ3v) is 3.52. The van der Waals surface area contributed by atoms with E-state index in [2.05, 4.69) is 15.9 Å². The van der Waals surface area contributed by atoms with Crippen molar-refractivity contribution in [3.05, 3.63) is 45.8 Å². The third-order valence-electron chi connectivity index (χ3n) is 2.90. The first-order valence-corrected chi connectivity index (χ1v) is 6.91. The Balaban J connectivity index is 2.09. The van der Waals surface area contributed by atoms with Gasteiger partial charge in [0.05, 0.1) is 11.6 Å². The van der Waals surface area contributed by atoms with Crippen LogP contribution in [0.15, 0.2) is 33.2 Å². The van der Waals surface area contributed by atoms with Gasteiger partial charge in [-0.25, -0.2) is 5.84 Å². The number of amides is 1. The van der Waals surface area contributed by atoms with Crippen LogP contribution in [0.2, 0.25) is 0 Å². The third kappa shape index (κ3) is 3.56. The van der Waals surface area contributed by atoms with Gasteiger partial charge in [0, 0.05) is 5.56 Å². The number of benzene rings is 1. The summed E-state index contributed by atoms with van der Waals surface area (Å²) in [5, 5.41) is 0. The van der Waals surface area contributed by atoms with Gasteiger partial charge in [-0.1, -0.05) is 0 Å². The first-order chi connectivity index (χ1) is 10.0. The van der Waals surface area contributed by atoms with E-state index in [1.54, 1.807) is 32.2 Å². The zero-order valence-corrected chi connectivity index (χ0v) is 13.2. The first kappa shape index (κ1) is 15.4. The van der Waals surface area contributed by atoms with Crippen molar-refractivity contribution in [2.75, 3.05) is 7.11 Å². The molecule has 2 aromatic rings. The average molecular weight is 355 g/mol. The summed E-state index contributed by atoms with van der Waals surface area (Å²) in [6, 6.07) is 7.02. The minimum absolute atomic E-state index is 0.155. The van der Waals surface area contributed by atoms with Crippen LogP contribution in [0.5, 0.6) is 11.5 Å². The zero-order valence-electron chi connectivity index (χ0n) is 11.6. The molecule has 0 saturated carbocycles. The van der Waals surface area contributed by atoms with E-state index in [-0.39, 0.29) is 12.4 Å². The SMILES string of the molecule is COc1ccc(OCc2cc(C(=O)NN)oc2C)c(Br)c1. The Hall–Kier alpha value is -1.99. The lowest BCUT2D eigenvalue weighted by molar-refractivity contribution is 0.0924. The number of furan rings is 1. The standard InChI is InChI=1S/C14H15BrN2O4/c1-8-9(5-13(21-8)14(18)17-16)7-20-12-4-3-10(19-2)6-11(12)15/h3-6H,7,16H2,1-2H3,(H,17,18). The highest BCUT2D eigenvalue weighted by Gasteiger charge is 2.14. The minimum Gasteiger partial charge on any atom is -0.497 e. The Labute approximate surface area is 130 Å². The normalized spacial score (nSPS) is 10.3. The molecule has 0 radical (unpaired) electrons. The largest absolute Gasteiger partial charge is 0.497 e. The molecule has 0 spiro atoms. The highest BCUT2D eigenvalue weighted by Crippen LogP contribution is 2.30. The number of hydrogen-bond acceptors (Lipinski definition) is 5. The summed E-state index contributed by atoms with van der Waals surface area (Å²) in [5.74, 6) is 6.75. The second-order valence-corrected chi connectivity index (χ2v) is 5.10. The number of nitrogens with one attached hydrogen (secondary N) is 1. The molecule has 0 atom stereocenters. The number of ether oxygens (including phenoxy) is 2. The van der Waals surface area contributed by atoms with Crippen LogP contribution in [0.3, 0.4) is 0 Å². The highest BCUT2D eigenvalue weighted by molar-refractivity contribution is 9.10. The Kier molecular flexibility index (Phi) is 4.87. The summed E-state index contributed by atoms with van der Waals surface area (Å²) < 4.78 is 16.9. The fraction of sp³-hybridized carbons (Fsp3) is 0.214. The number of nitrogen functional groups attached to an aromatic ring is 1. The van der Waals surface area contributed by atoms with Crippen LogP contribution in [0.4, 0.5) is 0 Å². The number of rotatable bonds is 5. The molecule has 7 heteroatoms. The predicted octanol–water partition coefficient (Wildman–Crippen LogP) is 2.54. The summed E-state index contributed by atoms with van der Waals surface area (Å²) in [7, 11) is 1.60. The van der Waals surface area contributed by atoms with Crippen LogP contribution in [0.1, 0.15) is 21.9 Å². The molecule has 0 bridgehead atoms. The molecule has 1 heterocycles. The topological polar surface area (TPSA) is 86.7 Å². The van der Waals surface area contributed by atoms with Gasteiger partial charge in [-0.2, -0.15) is 0 Å². The second kappa shape index (κ2) is 6.64. The molecule has 2 rings (SSSR count). The number of hydrazine groups is 1. The fourth-order valence-corrected chi connectivity index (χ4v) is 2.20. The molecule has 6 nitrogen and oxygen atoms in total. The quantitative estimate of drug-likeness (QED) is 0.489. The van der Waals surface area contributed by atoms with Gasteiger partial charge in [0.2, 0.25) is 0 Å². The monoisotopic (exact) mass is 354 g/mol. The van der Waals surface area contributed by atoms with Crippen molar-refractivity contribution in [1.82, 2.24) is 5.43 Å². The first-order valence-electron chi connectivity index (χ1n) is 6.11. The number of hydrogen-bond donors (Lipinski definition) is 2. The minimum atomic E-state index is -0.477. The number of halogens is 1. The second-order valence-electron chi connectivity index (χ2n) is 4.25. The van der Waals surface area contributed by atoms with Crippen molar-refractivity contribution in [2.24, 2.45) is 5.84 Å². The van der Waals surface area contributed by atoms with E-state index in [0.717, 1.165) is 15.8 Å². The predicted molar refractivity (Wildman–Crippen MR) is 80.1 cm³/mol. The van der Waals surface area contributed by atoms with Gasteiger partial charge < -0.3 is 13.9 Å². The van der Waals surface area contributed by atoms with E-state index < -0.39 is 5.91 Å². The zero-order chi connectivity index (χ0) is 15.4. The van der Waals surface area contributed by atoms with E-state index in [4.69, 9.17) is 19.7 Å². The molecule has 0 aliphatic heterocycles. The summed E-state index contributed by atoms with van der Waals surface area (Å²) in [6.07, 6.45) is 0. The van der Waals surface area contributed by atoms with Crippen molar-refractivity contribution >= 4 is 21.8 Å². The number of nitrogens with two attached hydrogens (primary N) is 1. The highest BCUT2D eigenvalue weighted by atomic mass is 79.9. The van der Waals surface area contributed by atoms with Crippen molar-refractivity contribution in [3.63, 3.8) is 0 Å². The number of carbonyl (C=O) groups excluding carboxylic acids is 1. The molecule has 21 heavy (non-hydrogen) atoms. The Bertz CT molecular complexity index is 654. The number of aryl methyl sites for hydroxylation is 1.